The molecule has 116 valence electrons. The van der Waals surface area contributed by atoms with E-state index in [2.05, 4.69) is 13.8 Å². The molecule has 0 bridgehead atoms. The second-order valence-electron chi connectivity index (χ2n) is 6.51. The van der Waals surface area contributed by atoms with Crippen molar-refractivity contribution in [1.82, 2.24) is 0 Å². The van der Waals surface area contributed by atoms with Crippen LogP contribution in [0.15, 0.2) is 12.0 Å². The molecule has 0 aliphatic heterocycles. The van der Waals surface area contributed by atoms with Gasteiger partial charge in [0.25, 0.3) is 0 Å². The Morgan fingerprint density at radius 2 is 2.00 bits per heavy atom. The van der Waals surface area contributed by atoms with Crippen LogP contribution in [0.1, 0.15) is 52.9 Å². The van der Waals surface area contributed by atoms with Crippen molar-refractivity contribution in [3.05, 3.63) is 12.0 Å². The molecule has 0 aromatic carbocycles. The minimum Gasteiger partial charge on any atom is -0.512 e. The third-order valence-electron chi connectivity index (χ3n) is 5.10. The van der Waals surface area contributed by atoms with Gasteiger partial charge in [-0.05, 0) is 37.5 Å². The van der Waals surface area contributed by atoms with Crippen molar-refractivity contribution in [2.75, 3.05) is 13.2 Å². The molecule has 1 aliphatic carbocycles. The smallest absolute Gasteiger partial charge is 0.134 e. The summed E-state index contributed by atoms with van der Waals surface area (Å²) >= 11 is 0. The first-order chi connectivity index (χ1) is 9.43. The Balaban J connectivity index is 2.61. The van der Waals surface area contributed by atoms with Crippen LogP contribution < -0.4 is 0 Å². The fourth-order valence-electron chi connectivity index (χ4n) is 3.04. The van der Waals surface area contributed by atoms with Crippen molar-refractivity contribution in [2.45, 2.75) is 52.9 Å². The van der Waals surface area contributed by atoms with Gasteiger partial charge < -0.3 is 19.7 Å². The summed E-state index contributed by atoms with van der Waals surface area (Å²) in [5.41, 5.74) is -0.597. The van der Waals surface area contributed by atoms with E-state index in [1.807, 2.05) is 6.92 Å². The minimum absolute atomic E-state index is 0.0699. The number of unbranched alkanes of at least 4 members (excludes halogenated alkanes) is 2. The van der Waals surface area contributed by atoms with Crippen molar-refractivity contribution in [3.63, 3.8) is 0 Å². The molecule has 2 N–H and O–H groups in total. The molecular formula is C16H28O4. The molecule has 0 radical (unpaired) electrons. The second-order valence-corrected chi connectivity index (χ2v) is 6.51. The largest absolute Gasteiger partial charge is 0.512 e. The summed E-state index contributed by atoms with van der Waals surface area (Å²) in [4.78, 5) is 11.4. The maximum atomic E-state index is 11.4. The molecule has 1 unspecified atom stereocenters. The van der Waals surface area contributed by atoms with Gasteiger partial charge in [0.05, 0.1) is 6.61 Å². The van der Waals surface area contributed by atoms with E-state index in [4.69, 9.17) is 9.84 Å². The third kappa shape index (κ3) is 3.35. The van der Waals surface area contributed by atoms with Crippen molar-refractivity contribution < 1.29 is 19.7 Å². The number of rotatable bonds is 8. The molecule has 20 heavy (non-hydrogen) atoms. The minimum atomic E-state index is -0.369. The standard InChI is InChI=1S/C16H28O4/c1-15(2)13(7-8-16(15,3)12-19)14(11-18)20-10-6-4-5-9-17/h11-13,17-18H,4-10H2,1-3H3/b14-11+/t13?,16-/m0/s1. The lowest BCUT2D eigenvalue weighted by Gasteiger charge is -2.38. The van der Waals surface area contributed by atoms with Crippen LogP contribution >= 0.6 is 0 Å². The molecule has 0 spiro atoms. The van der Waals surface area contributed by atoms with Gasteiger partial charge in [-0.3, -0.25) is 0 Å². The maximum absolute atomic E-state index is 11.4. The number of ether oxygens (including phenoxy) is 1. The number of hydrogen-bond acceptors (Lipinski definition) is 4. The molecule has 0 heterocycles. The molecule has 0 aromatic rings. The molecule has 1 rings (SSSR count). The zero-order valence-electron chi connectivity index (χ0n) is 12.9. The number of carbonyl (C=O) groups is 1. The Labute approximate surface area is 121 Å². The predicted molar refractivity (Wildman–Crippen MR) is 78.3 cm³/mol. The van der Waals surface area contributed by atoms with Gasteiger partial charge in [-0.2, -0.15) is 0 Å². The highest BCUT2D eigenvalue weighted by Gasteiger charge is 2.53. The van der Waals surface area contributed by atoms with E-state index in [0.717, 1.165) is 44.7 Å². The Bertz CT molecular complexity index is 348. The summed E-state index contributed by atoms with van der Waals surface area (Å²) < 4.78 is 5.71. The van der Waals surface area contributed by atoms with Crippen molar-refractivity contribution in [1.29, 1.82) is 0 Å². The molecule has 0 amide bonds. The van der Waals surface area contributed by atoms with Crippen LogP contribution in [0, 0.1) is 16.7 Å². The molecule has 4 nitrogen and oxygen atoms in total. The van der Waals surface area contributed by atoms with Crippen molar-refractivity contribution in [2.24, 2.45) is 16.7 Å². The summed E-state index contributed by atoms with van der Waals surface area (Å²) in [6, 6.07) is 0. The summed E-state index contributed by atoms with van der Waals surface area (Å²) in [6.45, 7) is 6.86. The quantitative estimate of drug-likeness (QED) is 0.408. The number of carbonyl (C=O) groups excluding carboxylic acids is 1. The molecule has 1 fully saturated rings. The van der Waals surface area contributed by atoms with Crippen LogP contribution in [0.5, 0.6) is 0 Å². The number of hydrogen-bond donors (Lipinski definition) is 2. The van der Waals surface area contributed by atoms with Gasteiger partial charge in [0.1, 0.15) is 18.3 Å². The number of aldehydes is 1. The van der Waals surface area contributed by atoms with Gasteiger partial charge in [0, 0.05) is 17.9 Å². The van der Waals surface area contributed by atoms with E-state index in [1.54, 1.807) is 0 Å². The Morgan fingerprint density at radius 1 is 1.30 bits per heavy atom. The SMILES string of the molecule is CC1(C)C(/C(=C\O)OCCCCCO)CC[C@@]1(C)C=O. The molecule has 2 atom stereocenters. The average molecular weight is 284 g/mol. The lowest BCUT2D eigenvalue weighted by molar-refractivity contribution is -0.120. The number of aliphatic hydroxyl groups is 2. The fourth-order valence-corrected chi connectivity index (χ4v) is 3.04. The number of aliphatic hydroxyl groups excluding tert-OH is 2. The van der Waals surface area contributed by atoms with Gasteiger partial charge in [0.15, 0.2) is 0 Å². The van der Waals surface area contributed by atoms with E-state index in [0.29, 0.717) is 12.4 Å². The topological polar surface area (TPSA) is 66.8 Å². The third-order valence-corrected chi connectivity index (χ3v) is 5.10. The Kier molecular flexibility index (Phi) is 6.06. The van der Waals surface area contributed by atoms with Crippen LogP contribution in [0.3, 0.4) is 0 Å². The van der Waals surface area contributed by atoms with Gasteiger partial charge in [0.2, 0.25) is 0 Å². The number of allylic oxidation sites excluding steroid dienone is 1. The van der Waals surface area contributed by atoms with E-state index in [-0.39, 0.29) is 23.4 Å². The monoisotopic (exact) mass is 284 g/mol. The summed E-state index contributed by atoms with van der Waals surface area (Å²) in [6.07, 6.45) is 6.31. The Morgan fingerprint density at radius 3 is 2.50 bits per heavy atom. The van der Waals surface area contributed by atoms with Gasteiger partial charge in [-0.25, -0.2) is 0 Å². The highest BCUT2D eigenvalue weighted by atomic mass is 16.5. The molecular weight excluding hydrogens is 256 g/mol. The molecule has 4 heteroatoms. The van der Waals surface area contributed by atoms with Crippen molar-refractivity contribution in [3.8, 4) is 0 Å². The second kappa shape index (κ2) is 7.11. The van der Waals surface area contributed by atoms with E-state index in [9.17, 15) is 9.90 Å². The Hall–Kier alpha value is -1.03. The van der Waals surface area contributed by atoms with Gasteiger partial charge in [-0.1, -0.05) is 20.8 Å². The van der Waals surface area contributed by atoms with E-state index < -0.39 is 0 Å². The van der Waals surface area contributed by atoms with Crippen molar-refractivity contribution >= 4 is 6.29 Å². The summed E-state index contributed by atoms with van der Waals surface area (Å²) in [7, 11) is 0. The molecule has 1 aliphatic rings. The van der Waals surface area contributed by atoms with Crippen LogP contribution in [-0.2, 0) is 9.53 Å². The highest BCUT2D eigenvalue weighted by molar-refractivity contribution is 5.61. The van der Waals surface area contributed by atoms with Gasteiger partial charge in [-0.15, -0.1) is 0 Å². The zero-order chi connectivity index (χ0) is 15.2. The van der Waals surface area contributed by atoms with E-state index in [1.165, 1.54) is 0 Å². The predicted octanol–water partition coefficient (Wildman–Crippen LogP) is 3.21. The first-order valence-electron chi connectivity index (χ1n) is 7.47. The molecule has 0 aromatic heterocycles. The summed E-state index contributed by atoms with van der Waals surface area (Å²) in [5, 5.41) is 18.2. The lowest BCUT2D eigenvalue weighted by Crippen LogP contribution is -2.36. The average Bonchev–Trinajstić information content (AvgIpc) is 2.66. The summed E-state index contributed by atoms with van der Waals surface area (Å²) in [5.74, 6) is 0.658. The van der Waals surface area contributed by atoms with Crippen LogP contribution in [0.4, 0.5) is 0 Å². The van der Waals surface area contributed by atoms with Gasteiger partial charge >= 0.3 is 0 Å². The van der Waals surface area contributed by atoms with Crippen LogP contribution in [-0.4, -0.2) is 29.7 Å². The molecule has 0 saturated heterocycles. The lowest BCUT2D eigenvalue weighted by atomic mass is 9.66. The van der Waals surface area contributed by atoms with Crippen LogP contribution in [0.2, 0.25) is 0 Å². The normalized spacial score (nSPS) is 29.4. The fraction of sp³-hybridized carbons (Fsp3) is 0.812. The highest BCUT2D eigenvalue weighted by Crippen LogP contribution is 2.57. The first kappa shape index (κ1) is 17.0. The maximum Gasteiger partial charge on any atom is 0.134 e. The van der Waals surface area contributed by atoms with E-state index >= 15 is 0 Å². The molecule has 1 saturated carbocycles. The van der Waals surface area contributed by atoms with Crippen LogP contribution in [0.25, 0.3) is 0 Å². The first-order valence-corrected chi connectivity index (χ1v) is 7.47. The zero-order valence-corrected chi connectivity index (χ0v) is 12.9.